The molecule has 5 aromatic rings. The Bertz CT molecular complexity index is 1810. The number of hydrogen-bond donors (Lipinski definition) is 2. The molecule has 0 aliphatic rings. The minimum atomic E-state index is -4.77. The second-order valence-corrected chi connectivity index (χ2v) is 10.5. The molecule has 0 aliphatic heterocycles. The van der Waals surface area contributed by atoms with E-state index in [0.29, 0.717) is 39.1 Å². The summed E-state index contributed by atoms with van der Waals surface area (Å²) in [5.41, 5.74) is 6.13. The standard InChI is InChI=1S/C27H21ClF3N5O4S/c1-12-5-4-6-17(28)22(12)39-11-14-7-8-18(40-14)25(38)35-21-20-15(16-10-33-36(3)13(16)2)9-19(27(29,30)31)34-26(20)41-23(21)24(32)37/h4-10H,11H2,1-3H3,(H2,32,37)(H,35,38). The first kappa shape index (κ1) is 28.2. The normalized spacial score (nSPS) is 11.7. The average molecular weight is 604 g/mol. The van der Waals surface area contributed by atoms with E-state index in [1.165, 1.54) is 23.0 Å². The van der Waals surface area contributed by atoms with Gasteiger partial charge in [-0.25, -0.2) is 4.98 Å². The number of para-hydroxylation sites is 1. The number of aromatic nitrogens is 3. The van der Waals surface area contributed by atoms with Crippen molar-refractivity contribution in [1.82, 2.24) is 14.8 Å². The van der Waals surface area contributed by atoms with Crippen molar-refractivity contribution in [2.24, 2.45) is 12.8 Å². The molecule has 0 saturated heterocycles. The molecular formula is C27H21ClF3N5O4S. The number of ether oxygens (including phenoxy) is 1. The summed E-state index contributed by atoms with van der Waals surface area (Å²) in [7, 11) is 1.64. The highest BCUT2D eigenvalue weighted by Crippen LogP contribution is 2.44. The fourth-order valence-electron chi connectivity index (χ4n) is 4.21. The lowest BCUT2D eigenvalue weighted by atomic mass is 10.0. The van der Waals surface area contributed by atoms with Crippen LogP contribution in [0.2, 0.25) is 5.02 Å². The van der Waals surface area contributed by atoms with Crippen molar-refractivity contribution < 1.29 is 31.9 Å². The molecule has 9 nitrogen and oxygen atoms in total. The molecule has 0 aliphatic carbocycles. The number of primary amides is 1. The third-order valence-electron chi connectivity index (χ3n) is 6.35. The van der Waals surface area contributed by atoms with Crippen LogP contribution in [-0.2, 0) is 19.8 Å². The van der Waals surface area contributed by atoms with Gasteiger partial charge in [0.1, 0.15) is 33.5 Å². The maximum atomic E-state index is 13.8. The van der Waals surface area contributed by atoms with Crippen molar-refractivity contribution in [2.75, 3.05) is 5.32 Å². The molecule has 14 heteroatoms. The lowest BCUT2D eigenvalue weighted by Gasteiger charge is -2.12. The smallest absolute Gasteiger partial charge is 0.433 e. The topological polar surface area (TPSA) is 125 Å². The number of fused-ring (bicyclic) bond motifs is 1. The van der Waals surface area contributed by atoms with Crippen LogP contribution in [0.3, 0.4) is 0 Å². The van der Waals surface area contributed by atoms with Crippen molar-refractivity contribution in [1.29, 1.82) is 0 Å². The summed E-state index contributed by atoms with van der Waals surface area (Å²) >= 11 is 6.84. The van der Waals surface area contributed by atoms with E-state index in [4.69, 9.17) is 26.5 Å². The van der Waals surface area contributed by atoms with Gasteiger partial charge in [-0.3, -0.25) is 14.3 Å². The number of thiophene rings is 1. The molecule has 41 heavy (non-hydrogen) atoms. The predicted molar refractivity (Wildman–Crippen MR) is 147 cm³/mol. The number of benzene rings is 1. The average Bonchev–Trinajstić information content (AvgIpc) is 3.61. The van der Waals surface area contributed by atoms with Gasteiger partial charge in [0.2, 0.25) is 0 Å². The number of furan rings is 1. The number of anilines is 1. The summed E-state index contributed by atoms with van der Waals surface area (Å²) in [5.74, 6) is -1.07. The Morgan fingerprint density at radius 1 is 1.20 bits per heavy atom. The van der Waals surface area contributed by atoms with Gasteiger partial charge in [0.05, 0.1) is 16.9 Å². The van der Waals surface area contributed by atoms with E-state index in [-0.39, 0.29) is 38.7 Å². The number of amides is 2. The Morgan fingerprint density at radius 2 is 1.95 bits per heavy atom. The fourth-order valence-corrected chi connectivity index (χ4v) is 5.49. The van der Waals surface area contributed by atoms with Crippen molar-refractivity contribution in [3.05, 3.63) is 81.0 Å². The molecule has 3 N–H and O–H groups in total. The van der Waals surface area contributed by atoms with Crippen molar-refractivity contribution in [3.8, 4) is 16.9 Å². The van der Waals surface area contributed by atoms with Gasteiger partial charge in [0, 0.05) is 23.7 Å². The Labute approximate surface area is 239 Å². The van der Waals surface area contributed by atoms with Gasteiger partial charge in [0.25, 0.3) is 11.8 Å². The molecule has 0 atom stereocenters. The molecule has 4 aromatic heterocycles. The first-order valence-corrected chi connectivity index (χ1v) is 13.2. The van der Waals surface area contributed by atoms with Crippen LogP contribution >= 0.6 is 22.9 Å². The SMILES string of the molecule is Cc1cccc(Cl)c1OCc1ccc(C(=O)Nc2c(C(N)=O)sc3nc(C(F)(F)F)cc(-c4cnn(C)c4C)c23)o1. The van der Waals surface area contributed by atoms with Crippen LogP contribution in [-0.4, -0.2) is 26.6 Å². The highest BCUT2D eigenvalue weighted by Gasteiger charge is 2.35. The Kier molecular flexibility index (Phi) is 7.26. The van der Waals surface area contributed by atoms with Crippen LogP contribution < -0.4 is 15.8 Å². The molecule has 5 rings (SSSR count). The summed E-state index contributed by atoms with van der Waals surface area (Å²) in [4.78, 5) is 29.0. The third-order valence-corrected chi connectivity index (χ3v) is 7.74. The molecule has 0 spiro atoms. The van der Waals surface area contributed by atoms with Gasteiger partial charge in [-0.15, -0.1) is 11.3 Å². The van der Waals surface area contributed by atoms with E-state index < -0.39 is 23.7 Å². The van der Waals surface area contributed by atoms with Crippen LogP contribution in [0.4, 0.5) is 18.9 Å². The first-order valence-electron chi connectivity index (χ1n) is 12.0. The fraction of sp³-hybridized carbons (Fsp3) is 0.185. The molecular weight excluding hydrogens is 583 g/mol. The number of rotatable bonds is 7. The summed E-state index contributed by atoms with van der Waals surface area (Å²) in [5, 5.41) is 7.26. The lowest BCUT2D eigenvalue weighted by molar-refractivity contribution is -0.140. The molecule has 0 fully saturated rings. The minimum absolute atomic E-state index is 0.0274. The van der Waals surface area contributed by atoms with Gasteiger partial charge in [-0.1, -0.05) is 23.7 Å². The Hall–Kier alpha value is -4.36. The number of aryl methyl sites for hydroxylation is 2. The zero-order valence-electron chi connectivity index (χ0n) is 21.7. The van der Waals surface area contributed by atoms with Gasteiger partial charge >= 0.3 is 6.18 Å². The number of hydrogen-bond acceptors (Lipinski definition) is 7. The second-order valence-electron chi connectivity index (χ2n) is 9.07. The summed E-state index contributed by atoms with van der Waals surface area (Å²) in [6.07, 6.45) is -3.37. The Morgan fingerprint density at radius 3 is 2.59 bits per heavy atom. The molecule has 212 valence electrons. The number of carbonyl (C=O) groups excluding carboxylic acids is 2. The van der Waals surface area contributed by atoms with E-state index in [9.17, 15) is 22.8 Å². The lowest BCUT2D eigenvalue weighted by Crippen LogP contribution is -2.16. The van der Waals surface area contributed by atoms with E-state index >= 15 is 0 Å². The van der Waals surface area contributed by atoms with Crippen molar-refractivity contribution in [2.45, 2.75) is 26.6 Å². The van der Waals surface area contributed by atoms with E-state index in [1.54, 1.807) is 26.1 Å². The summed E-state index contributed by atoms with van der Waals surface area (Å²) in [6.45, 7) is 3.48. The van der Waals surface area contributed by atoms with Gasteiger partial charge in [-0.2, -0.15) is 18.3 Å². The van der Waals surface area contributed by atoms with E-state index in [1.807, 2.05) is 13.0 Å². The zero-order valence-corrected chi connectivity index (χ0v) is 23.3. The number of carbonyl (C=O) groups is 2. The Balaban J connectivity index is 1.53. The number of pyridine rings is 1. The van der Waals surface area contributed by atoms with Crippen LogP contribution in [0, 0.1) is 13.8 Å². The molecule has 0 bridgehead atoms. The van der Waals surface area contributed by atoms with E-state index in [2.05, 4.69) is 15.4 Å². The number of nitrogens with two attached hydrogens (primary N) is 1. The number of nitrogens with one attached hydrogen (secondary N) is 1. The summed E-state index contributed by atoms with van der Waals surface area (Å²) < 4.78 is 54.2. The maximum Gasteiger partial charge on any atom is 0.433 e. The van der Waals surface area contributed by atoms with Gasteiger partial charge in [-0.05, 0) is 49.2 Å². The van der Waals surface area contributed by atoms with Crippen LogP contribution in [0.5, 0.6) is 5.75 Å². The van der Waals surface area contributed by atoms with Crippen molar-refractivity contribution >= 4 is 50.7 Å². The van der Waals surface area contributed by atoms with E-state index in [0.717, 1.165) is 11.6 Å². The highest BCUT2D eigenvalue weighted by atomic mass is 35.5. The molecule has 2 amide bonds. The maximum absolute atomic E-state index is 13.8. The first-order chi connectivity index (χ1) is 19.3. The summed E-state index contributed by atoms with van der Waals surface area (Å²) in [6, 6.07) is 9.09. The number of nitrogens with zero attached hydrogens (tertiary/aromatic N) is 3. The van der Waals surface area contributed by atoms with Crippen LogP contribution in [0.15, 0.2) is 47.0 Å². The van der Waals surface area contributed by atoms with Crippen LogP contribution in [0.25, 0.3) is 21.3 Å². The third kappa shape index (κ3) is 5.37. The van der Waals surface area contributed by atoms with Crippen LogP contribution in [0.1, 0.15) is 42.9 Å². The van der Waals surface area contributed by atoms with Gasteiger partial charge in [0.15, 0.2) is 5.76 Å². The predicted octanol–water partition coefficient (Wildman–Crippen LogP) is 6.51. The molecule has 0 unspecified atom stereocenters. The molecule has 0 radical (unpaired) electrons. The number of alkyl halides is 3. The molecule has 0 saturated carbocycles. The molecule has 4 heterocycles. The molecule has 1 aromatic carbocycles. The second kappa shape index (κ2) is 10.6. The highest BCUT2D eigenvalue weighted by molar-refractivity contribution is 7.21. The van der Waals surface area contributed by atoms with Crippen molar-refractivity contribution in [3.63, 3.8) is 0 Å². The largest absolute Gasteiger partial charge is 0.484 e. The monoisotopic (exact) mass is 603 g/mol. The quantitative estimate of drug-likeness (QED) is 0.218. The van der Waals surface area contributed by atoms with Gasteiger partial charge < -0.3 is 20.2 Å². The minimum Gasteiger partial charge on any atom is -0.484 e. The zero-order chi connectivity index (χ0) is 29.6. The number of halogens is 4.